The number of hydrogen-bond donors (Lipinski definition) is 0. The molecule has 0 N–H and O–H groups in total. The van der Waals surface area contributed by atoms with Crippen LogP contribution in [0, 0.1) is 0 Å². The first kappa shape index (κ1) is 22.7. The van der Waals surface area contributed by atoms with E-state index in [4.69, 9.17) is 9.47 Å². The number of methoxy groups -OCH3 is 1. The van der Waals surface area contributed by atoms with Crippen LogP contribution in [0.15, 0.2) is 48.5 Å². The van der Waals surface area contributed by atoms with Gasteiger partial charge in [0.25, 0.3) is 11.8 Å². The smallest absolute Gasteiger partial charge is 0.260 e. The zero-order valence-electron chi connectivity index (χ0n) is 18.8. The van der Waals surface area contributed by atoms with E-state index in [1.165, 1.54) is 0 Å². The van der Waals surface area contributed by atoms with E-state index in [1.807, 2.05) is 29.2 Å². The maximum atomic E-state index is 12.8. The Balaban J connectivity index is 1.55. The van der Waals surface area contributed by atoms with Gasteiger partial charge < -0.3 is 19.3 Å². The summed E-state index contributed by atoms with van der Waals surface area (Å²) in [5, 5.41) is 0. The van der Waals surface area contributed by atoms with Gasteiger partial charge >= 0.3 is 0 Å². The molecule has 1 aliphatic rings. The number of likely N-dealkylation sites (tertiary alicyclic amines) is 1. The van der Waals surface area contributed by atoms with E-state index in [-0.39, 0.29) is 30.5 Å². The Bertz CT molecular complexity index is 887. The van der Waals surface area contributed by atoms with Crippen LogP contribution in [-0.4, -0.2) is 54.5 Å². The number of benzene rings is 2. The molecule has 31 heavy (non-hydrogen) atoms. The van der Waals surface area contributed by atoms with Gasteiger partial charge in [-0.1, -0.05) is 12.1 Å². The molecule has 6 heteroatoms. The predicted molar refractivity (Wildman–Crippen MR) is 120 cm³/mol. The molecule has 2 aromatic carbocycles. The van der Waals surface area contributed by atoms with Crippen molar-refractivity contribution in [2.24, 2.45) is 0 Å². The SMILES string of the molecule is COc1cccc(CN(C)C(=O)c2ccc(OCC(=O)N3C(C)CCCC3C)cc2)c1. The van der Waals surface area contributed by atoms with Gasteiger partial charge in [-0.3, -0.25) is 9.59 Å². The highest BCUT2D eigenvalue weighted by molar-refractivity contribution is 5.94. The van der Waals surface area contributed by atoms with Gasteiger partial charge in [0, 0.05) is 31.2 Å². The molecular formula is C25H32N2O4. The Kier molecular flexibility index (Phi) is 7.55. The van der Waals surface area contributed by atoms with Crippen molar-refractivity contribution in [3.8, 4) is 11.5 Å². The van der Waals surface area contributed by atoms with Crippen molar-refractivity contribution < 1.29 is 19.1 Å². The van der Waals surface area contributed by atoms with Crippen LogP contribution in [-0.2, 0) is 11.3 Å². The minimum absolute atomic E-state index is 0.0116. The van der Waals surface area contributed by atoms with E-state index in [1.54, 1.807) is 43.3 Å². The van der Waals surface area contributed by atoms with E-state index < -0.39 is 0 Å². The number of ether oxygens (including phenoxy) is 2. The largest absolute Gasteiger partial charge is 0.497 e. The summed E-state index contributed by atoms with van der Waals surface area (Å²) in [6.45, 7) is 4.68. The number of carbonyl (C=O) groups excluding carboxylic acids is 2. The number of amides is 2. The lowest BCUT2D eigenvalue weighted by atomic mass is 9.97. The average Bonchev–Trinajstić information content (AvgIpc) is 2.77. The molecule has 1 saturated heterocycles. The Labute approximate surface area is 184 Å². The third-order valence-electron chi connectivity index (χ3n) is 5.85. The second kappa shape index (κ2) is 10.3. The molecule has 2 aromatic rings. The summed E-state index contributed by atoms with van der Waals surface area (Å²) in [5.74, 6) is 1.28. The first-order chi connectivity index (χ1) is 14.9. The lowest BCUT2D eigenvalue weighted by Gasteiger charge is -2.38. The fraction of sp³-hybridized carbons (Fsp3) is 0.440. The highest BCUT2D eigenvalue weighted by atomic mass is 16.5. The number of nitrogens with zero attached hydrogens (tertiary/aromatic N) is 2. The van der Waals surface area contributed by atoms with Crippen LogP contribution >= 0.6 is 0 Å². The molecule has 0 aliphatic carbocycles. The monoisotopic (exact) mass is 424 g/mol. The third-order valence-corrected chi connectivity index (χ3v) is 5.85. The molecule has 0 bridgehead atoms. The van der Waals surface area contributed by atoms with E-state index in [2.05, 4.69) is 13.8 Å². The van der Waals surface area contributed by atoms with E-state index in [0.717, 1.165) is 30.6 Å². The zero-order chi connectivity index (χ0) is 22.4. The summed E-state index contributed by atoms with van der Waals surface area (Å²) in [6, 6.07) is 15.1. The van der Waals surface area contributed by atoms with E-state index in [0.29, 0.717) is 17.9 Å². The maximum absolute atomic E-state index is 12.8. The Hall–Kier alpha value is -3.02. The summed E-state index contributed by atoms with van der Waals surface area (Å²) >= 11 is 0. The minimum atomic E-state index is -0.0820. The topological polar surface area (TPSA) is 59.1 Å². The van der Waals surface area contributed by atoms with Crippen LogP contribution in [0.1, 0.15) is 49.0 Å². The molecule has 1 heterocycles. The van der Waals surface area contributed by atoms with Crippen LogP contribution in [0.25, 0.3) is 0 Å². The van der Waals surface area contributed by atoms with Gasteiger partial charge in [0.15, 0.2) is 6.61 Å². The first-order valence-electron chi connectivity index (χ1n) is 10.8. The molecule has 1 fully saturated rings. The quantitative estimate of drug-likeness (QED) is 0.670. The lowest BCUT2D eigenvalue weighted by molar-refractivity contribution is -0.139. The van der Waals surface area contributed by atoms with Crippen molar-refractivity contribution >= 4 is 11.8 Å². The van der Waals surface area contributed by atoms with Crippen LogP contribution in [0.4, 0.5) is 0 Å². The standard InChI is InChI=1S/C25H32N2O4/c1-18-7-5-8-19(2)27(18)24(28)17-31-22-13-11-21(12-14-22)25(29)26(3)16-20-9-6-10-23(15-20)30-4/h6,9-15,18-19H,5,7-8,16-17H2,1-4H3. The summed E-state index contributed by atoms with van der Waals surface area (Å²) < 4.78 is 10.9. The molecule has 2 atom stereocenters. The van der Waals surface area contributed by atoms with Gasteiger partial charge in [-0.2, -0.15) is 0 Å². The van der Waals surface area contributed by atoms with E-state index >= 15 is 0 Å². The zero-order valence-corrected chi connectivity index (χ0v) is 18.8. The summed E-state index contributed by atoms with van der Waals surface area (Å²) in [5.41, 5.74) is 1.57. The molecule has 0 saturated carbocycles. The predicted octanol–water partition coefficient (Wildman–Crippen LogP) is 4.14. The van der Waals surface area contributed by atoms with Crippen molar-refractivity contribution in [2.75, 3.05) is 20.8 Å². The Morgan fingerprint density at radius 3 is 2.35 bits per heavy atom. The maximum Gasteiger partial charge on any atom is 0.260 e. The van der Waals surface area contributed by atoms with Crippen molar-refractivity contribution in [3.05, 3.63) is 59.7 Å². The molecule has 1 aliphatic heterocycles. The van der Waals surface area contributed by atoms with Gasteiger partial charge in [0.05, 0.1) is 7.11 Å². The molecule has 6 nitrogen and oxygen atoms in total. The fourth-order valence-corrected chi connectivity index (χ4v) is 4.16. The van der Waals surface area contributed by atoms with Gasteiger partial charge in [-0.15, -0.1) is 0 Å². The Morgan fingerprint density at radius 2 is 1.71 bits per heavy atom. The van der Waals surface area contributed by atoms with Crippen LogP contribution in [0.3, 0.4) is 0 Å². The number of carbonyl (C=O) groups is 2. The van der Waals surface area contributed by atoms with Crippen molar-refractivity contribution in [3.63, 3.8) is 0 Å². The normalized spacial score (nSPS) is 18.4. The highest BCUT2D eigenvalue weighted by Crippen LogP contribution is 2.23. The molecular weight excluding hydrogens is 392 g/mol. The van der Waals surface area contributed by atoms with Crippen LogP contribution in [0.5, 0.6) is 11.5 Å². The lowest BCUT2D eigenvalue weighted by Crippen LogP contribution is -2.49. The van der Waals surface area contributed by atoms with Gasteiger partial charge in [0.1, 0.15) is 11.5 Å². The molecule has 2 amide bonds. The highest BCUT2D eigenvalue weighted by Gasteiger charge is 2.29. The van der Waals surface area contributed by atoms with Gasteiger partial charge in [0.2, 0.25) is 0 Å². The van der Waals surface area contributed by atoms with Gasteiger partial charge in [-0.05, 0) is 75.1 Å². The average molecular weight is 425 g/mol. The number of piperidine rings is 1. The molecule has 0 spiro atoms. The summed E-state index contributed by atoms with van der Waals surface area (Å²) in [4.78, 5) is 29.0. The Morgan fingerprint density at radius 1 is 1.03 bits per heavy atom. The number of hydrogen-bond acceptors (Lipinski definition) is 4. The summed E-state index contributed by atoms with van der Waals surface area (Å²) in [6.07, 6.45) is 3.24. The second-order valence-electron chi connectivity index (χ2n) is 8.26. The summed E-state index contributed by atoms with van der Waals surface area (Å²) in [7, 11) is 3.39. The van der Waals surface area contributed by atoms with Gasteiger partial charge in [-0.25, -0.2) is 0 Å². The van der Waals surface area contributed by atoms with Crippen molar-refractivity contribution in [2.45, 2.75) is 51.7 Å². The molecule has 0 radical (unpaired) electrons. The molecule has 2 unspecified atom stereocenters. The first-order valence-corrected chi connectivity index (χ1v) is 10.8. The van der Waals surface area contributed by atoms with Crippen LogP contribution < -0.4 is 9.47 Å². The van der Waals surface area contributed by atoms with Crippen molar-refractivity contribution in [1.82, 2.24) is 9.80 Å². The second-order valence-corrected chi connectivity index (χ2v) is 8.26. The number of rotatable bonds is 7. The van der Waals surface area contributed by atoms with Crippen LogP contribution in [0.2, 0.25) is 0 Å². The van der Waals surface area contributed by atoms with E-state index in [9.17, 15) is 9.59 Å². The fourth-order valence-electron chi connectivity index (χ4n) is 4.16. The third kappa shape index (κ3) is 5.78. The molecule has 0 aromatic heterocycles. The molecule has 166 valence electrons. The van der Waals surface area contributed by atoms with Crippen molar-refractivity contribution in [1.29, 1.82) is 0 Å². The molecule has 3 rings (SSSR count). The minimum Gasteiger partial charge on any atom is -0.497 e.